The number of hydrogen-bond donors (Lipinski definition) is 1. The molecule has 1 aliphatic heterocycles. The molecular formula is C28H40O4. The Labute approximate surface area is 194 Å². The number of unbranched alkanes of at least 4 members (excludes halogenated alkanes) is 2. The first kappa shape index (κ1) is 25.8. The minimum Gasteiger partial charge on any atom is -0.508 e. The molecule has 4 nitrogen and oxygen atoms in total. The number of ether oxygens (including phenoxy) is 2. The van der Waals surface area contributed by atoms with Gasteiger partial charge >= 0.3 is 5.97 Å². The lowest BCUT2D eigenvalue weighted by Crippen LogP contribution is -2.41. The van der Waals surface area contributed by atoms with Gasteiger partial charge in [-0.1, -0.05) is 48.6 Å². The highest BCUT2D eigenvalue weighted by Crippen LogP contribution is 2.42. The van der Waals surface area contributed by atoms with Crippen LogP contribution in [0.2, 0.25) is 0 Å². The number of aryl methyl sites for hydroxylation is 1. The van der Waals surface area contributed by atoms with Gasteiger partial charge in [0.05, 0.1) is 0 Å². The number of benzene rings is 1. The third-order valence-electron chi connectivity index (χ3n) is 5.59. The Bertz CT molecular complexity index is 912. The molecule has 0 fully saturated rings. The van der Waals surface area contributed by atoms with E-state index in [4.69, 9.17) is 9.47 Å². The third-order valence-corrected chi connectivity index (χ3v) is 5.59. The van der Waals surface area contributed by atoms with Crippen LogP contribution in [0.4, 0.5) is 0 Å². The van der Waals surface area contributed by atoms with Gasteiger partial charge in [-0.25, -0.2) is 4.79 Å². The summed E-state index contributed by atoms with van der Waals surface area (Å²) in [5.41, 5.74) is 5.45. The van der Waals surface area contributed by atoms with Crippen molar-refractivity contribution in [3.05, 3.63) is 57.7 Å². The van der Waals surface area contributed by atoms with E-state index in [-0.39, 0.29) is 11.7 Å². The summed E-state index contributed by atoms with van der Waals surface area (Å²) >= 11 is 0. The summed E-state index contributed by atoms with van der Waals surface area (Å²) in [5.74, 6) is -0.934. The second kappa shape index (κ2) is 11.4. The first-order valence-corrected chi connectivity index (χ1v) is 11.8. The van der Waals surface area contributed by atoms with E-state index in [9.17, 15) is 9.90 Å². The number of carbonyl (C=O) groups is 1. The molecule has 0 spiro atoms. The molecular weight excluding hydrogens is 400 g/mol. The van der Waals surface area contributed by atoms with Crippen LogP contribution in [0.25, 0.3) is 0 Å². The molecule has 1 atom stereocenters. The minimum absolute atomic E-state index is 0.179. The summed E-state index contributed by atoms with van der Waals surface area (Å²) in [6.07, 6.45) is 12.4. The standard InChI is InChI=1S/C28H40O4/c1-8-9-10-14-22-17-24(29)23(16-15-21(6)13-11-12-19(2)3)26-25(22)27(30)32-28(7,31-26)18-20(4)5/h12,15,17-18,29H,8-11,13-14,16H2,1-7H3. The molecule has 1 N–H and O–H groups in total. The Balaban J connectivity index is 2.46. The summed E-state index contributed by atoms with van der Waals surface area (Å²) < 4.78 is 12.0. The number of aromatic hydroxyl groups is 1. The van der Waals surface area contributed by atoms with Gasteiger partial charge < -0.3 is 14.6 Å². The number of carbonyl (C=O) groups excluding carboxylic acids is 1. The van der Waals surface area contributed by atoms with Gasteiger partial charge in [0.1, 0.15) is 17.1 Å². The minimum atomic E-state index is -1.19. The number of rotatable bonds is 10. The number of phenols is 1. The van der Waals surface area contributed by atoms with Crippen molar-refractivity contribution in [3.63, 3.8) is 0 Å². The first-order valence-electron chi connectivity index (χ1n) is 11.8. The first-order chi connectivity index (χ1) is 15.1. The summed E-state index contributed by atoms with van der Waals surface area (Å²) in [6.45, 7) is 14.1. The van der Waals surface area contributed by atoms with Crippen molar-refractivity contribution in [2.75, 3.05) is 0 Å². The zero-order valence-corrected chi connectivity index (χ0v) is 20.9. The molecule has 1 aromatic carbocycles. The molecule has 1 aromatic rings. The van der Waals surface area contributed by atoms with Crippen molar-refractivity contribution in [2.45, 2.75) is 99.2 Å². The molecule has 1 heterocycles. The van der Waals surface area contributed by atoms with Crippen molar-refractivity contribution in [3.8, 4) is 11.5 Å². The zero-order chi connectivity index (χ0) is 23.9. The number of allylic oxidation sites excluding steroid dienone is 5. The molecule has 0 aromatic heterocycles. The number of cyclic esters (lactones) is 1. The molecule has 1 unspecified atom stereocenters. The van der Waals surface area contributed by atoms with Gasteiger partial charge in [0.25, 0.3) is 5.79 Å². The van der Waals surface area contributed by atoms with Crippen LogP contribution in [0, 0.1) is 0 Å². The highest BCUT2D eigenvalue weighted by molar-refractivity contribution is 5.96. The van der Waals surface area contributed by atoms with E-state index >= 15 is 0 Å². The third kappa shape index (κ3) is 7.01. The van der Waals surface area contributed by atoms with Crippen LogP contribution in [0.1, 0.15) is 102 Å². The summed E-state index contributed by atoms with van der Waals surface area (Å²) in [4.78, 5) is 13.1. The molecule has 0 saturated heterocycles. The highest BCUT2D eigenvalue weighted by atomic mass is 16.7. The van der Waals surface area contributed by atoms with Gasteiger partial charge in [-0.05, 0) is 84.4 Å². The van der Waals surface area contributed by atoms with Crippen LogP contribution >= 0.6 is 0 Å². The maximum atomic E-state index is 13.1. The Morgan fingerprint density at radius 2 is 1.78 bits per heavy atom. The fourth-order valence-corrected chi connectivity index (χ4v) is 4.04. The highest BCUT2D eigenvalue weighted by Gasteiger charge is 2.39. The van der Waals surface area contributed by atoms with Gasteiger partial charge in [-0.15, -0.1) is 0 Å². The maximum Gasteiger partial charge on any atom is 0.345 e. The maximum absolute atomic E-state index is 13.1. The van der Waals surface area contributed by atoms with Gasteiger partial charge in [0.2, 0.25) is 0 Å². The van der Waals surface area contributed by atoms with Crippen LogP contribution < -0.4 is 4.74 Å². The molecule has 2 rings (SSSR count). The lowest BCUT2D eigenvalue weighted by Gasteiger charge is -2.35. The van der Waals surface area contributed by atoms with E-state index in [1.54, 1.807) is 19.1 Å². The smallest absolute Gasteiger partial charge is 0.345 e. The van der Waals surface area contributed by atoms with E-state index in [0.29, 0.717) is 29.7 Å². The molecule has 1 aliphatic rings. The molecule has 4 heteroatoms. The van der Waals surface area contributed by atoms with Gasteiger partial charge in [0.15, 0.2) is 0 Å². The number of phenolic OH excluding ortho intramolecular Hbond substituents is 1. The van der Waals surface area contributed by atoms with Gasteiger partial charge in [-0.3, -0.25) is 0 Å². The van der Waals surface area contributed by atoms with Crippen molar-refractivity contribution >= 4 is 5.97 Å². The van der Waals surface area contributed by atoms with E-state index in [1.165, 1.54) is 11.1 Å². The van der Waals surface area contributed by atoms with E-state index < -0.39 is 5.79 Å². The van der Waals surface area contributed by atoms with Crippen LogP contribution in [-0.4, -0.2) is 16.9 Å². The van der Waals surface area contributed by atoms with Crippen LogP contribution in [-0.2, 0) is 17.6 Å². The van der Waals surface area contributed by atoms with Crippen molar-refractivity contribution in [1.82, 2.24) is 0 Å². The van der Waals surface area contributed by atoms with Gasteiger partial charge in [0, 0.05) is 12.5 Å². The Morgan fingerprint density at radius 1 is 1.06 bits per heavy atom. The van der Waals surface area contributed by atoms with Crippen molar-refractivity contribution < 1.29 is 19.4 Å². The van der Waals surface area contributed by atoms with Gasteiger partial charge in [-0.2, -0.15) is 0 Å². The summed E-state index contributed by atoms with van der Waals surface area (Å²) in [7, 11) is 0. The molecule has 0 radical (unpaired) electrons. The van der Waals surface area contributed by atoms with Crippen LogP contribution in [0.3, 0.4) is 0 Å². The number of hydrogen-bond acceptors (Lipinski definition) is 4. The van der Waals surface area contributed by atoms with E-state index in [1.807, 2.05) is 13.8 Å². The predicted molar refractivity (Wildman–Crippen MR) is 131 cm³/mol. The van der Waals surface area contributed by atoms with E-state index in [2.05, 4.69) is 39.8 Å². The topological polar surface area (TPSA) is 55.8 Å². The predicted octanol–water partition coefficient (Wildman–Crippen LogP) is 7.59. The van der Waals surface area contributed by atoms with E-state index in [0.717, 1.165) is 43.2 Å². The number of fused-ring (bicyclic) bond motifs is 1. The zero-order valence-electron chi connectivity index (χ0n) is 20.9. The quantitative estimate of drug-likeness (QED) is 0.231. The Morgan fingerprint density at radius 3 is 2.41 bits per heavy atom. The average Bonchev–Trinajstić information content (AvgIpc) is 2.65. The lowest BCUT2D eigenvalue weighted by molar-refractivity contribution is -0.106. The second-order valence-corrected chi connectivity index (χ2v) is 9.50. The molecule has 32 heavy (non-hydrogen) atoms. The average molecular weight is 441 g/mol. The Hall–Kier alpha value is -2.49. The fourth-order valence-electron chi connectivity index (χ4n) is 4.04. The fraction of sp³-hybridized carbons (Fsp3) is 0.536. The van der Waals surface area contributed by atoms with Crippen LogP contribution in [0.5, 0.6) is 11.5 Å². The van der Waals surface area contributed by atoms with Crippen molar-refractivity contribution in [2.24, 2.45) is 0 Å². The Kier molecular flexibility index (Phi) is 9.18. The van der Waals surface area contributed by atoms with Crippen LogP contribution in [0.15, 0.2) is 41.0 Å². The number of esters is 1. The summed E-state index contributed by atoms with van der Waals surface area (Å²) in [6, 6.07) is 1.73. The normalized spacial score (nSPS) is 17.8. The SMILES string of the molecule is CCCCCc1cc(O)c(CC=C(C)CCC=C(C)C)c2c1C(=O)OC(C)(C=C(C)C)O2. The monoisotopic (exact) mass is 440 g/mol. The summed E-state index contributed by atoms with van der Waals surface area (Å²) in [5, 5.41) is 10.9. The second-order valence-electron chi connectivity index (χ2n) is 9.50. The van der Waals surface area contributed by atoms with Crippen molar-refractivity contribution in [1.29, 1.82) is 0 Å². The molecule has 0 bridgehead atoms. The largest absolute Gasteiger partial charge is 0.508 e. The molecule has 176 valence electrons. The molecule has 0 saturated carbocycles. The lowest BCUT2D eigenvalue weighted by atomic mass is 9.93. The molecule has 0 aliphatic carbocycles. The molecule has 0 amide bonds.